The highest BCUT2D eigenvalue weighted by Gasteiger charge is 2.28. The smallest absolute Gasteiger partial charge is 0.272 e. The van der Waals surface area contributed by atoms with Gasteiger partial charge in [0.15, 0.2) is 0 Å². The molecule has 19 heavy (non-hydrogen) atoms. The maximum atomic E-state index is 12.5. The van der Waals surface area contributed by atoms with E-state index in [1.165, 1.54) is 0 Å². The van der Waals surface area contributed by atoms with Gasteiger partial charge in [-0.3, -0.25) is 9.48 Å². The van der Waals surface area contributed by atoms with Gasteiger partial charge in [0.05, 0.1) is 5.69 Å². The summed E-state index contributed by atoms with van der Waals surface area (Å²) in [5.41, 5.74) is 7.31. The van der Waals surface area contributed by atoms with Crippen molar-refractivity contribution in [1.82, 2.24) is 14.7 Å². The number of amides is 1. The van der Waals surface area contributed by atoms with Crippen molar-refractivity contribution in [1.29, 1.82) is 0 Å². The Hall–Kier alpha value is -1.36. The van der Waals surface area contributed by atoms with Crippen molar-refractivity contribution < 1.29 is 4.79 Å². The van der Waals surface area contributed by atoms with E-state index in [9.17, 15) is 4.79 Å². The molecule has 0 aromatic carbocycles. The second-order valence-corrected chi connectivity index (χ2v) is 5.17. The normalized spacial score (nSPS) is 19.1. The highest BCUT2D eigenvalue weighted by atomic mass is 16.2. The van der Waals surface area contributed by atoms with E-state index < -0.39 is 0 Å². The van der Waals surface area contributed by atoms with Gasteiger partial charge in [0.2, 0.25) is 0 Å². The molecule has 1 saturated heterocycles. The van der Waals surface area contributed by atoms with Gasteiger partial charge in [0.25, 0.3) is 5.91 Å². The molecular formula is C14H24N4O. The van der Waals surface area contributed by atoms with Crippen molar-refractivity contribution >= 4 is 5.91 Å². The van der Waals surface area contributed by atoms with Crippen molar-refractivity contribution in [2.24, 2.45) is 11.7 Å². The lowest BCUT2D eigenvalue weighted by atomic mass is 10.1. The quantitative estimate of drug-likeness (QED) is 0.871. The Bertz CT molecular complexity index is 441. The number of hydrogen-bond donors (Lipinski definition) is 1. The number of aromatic nitrogens is 2. The third-order valence-electron chi connectivity index (χ3n) is 3.86. The molecule has 0 bridgehead atoms. The van der Waals surface area contributed by atoms with Crippen LogP contribution in [0.3, 0.4) is 0 Å². The molecule has 1 amide bonds. The van der Waals surface area contributed by atoms with E-state index in [1.54, 1.807) is 0 Å². The Morgan fingerprint density at radius 2 is 2.32 bits per heavy atom. The average molecular weight is 264 g/mol. The second kappa shape index (κ2) is 6.19. The van der Waals surface area contributed by atoms with Crippen molar-refractivity contribution in [3.05, 3.63) is 17.5 Å². The highest BCUT2D eigenvalue weighted by molar-refractivity contribution is 5.92. The van der Waals surface area contributed by atoms with Crippen molar-refractivity contribution in [2.75, 3.05) is 19.6 Å². The van der Waals surface area contributed by atoms with Gasteiger partial charge in [-0.1, -0.05) is 6.92 Å². The number of carbonyl (C=O) groups is 1. The van der Waals surface area contributed by atoms with Crippen LogP contribution in [-0.2, 0) is 13.0 Å². The maximum Gasteiger partial charge on any atom is 0.272 e. The first-order valence-electron chi connectivity index (χ1n) is 7.25. The van der Waals surface area contributed by atoms with Gasteiger partial charge < -0.3 is 10.6 Å². The van der Waals surface area contributed by atoms with E-state index in [4.69, 9.17) is 5.73 Å². The Morgan fingerprint density at radius 3 is 2.95 bits per heavy atom. The summed E-state index contributed by atoms with van der Waals surface area (Å²) in [7, 11) is 0. The topological polar surface area (TPSA) is 64.2 Å². The van der Waals surface area contributed by atoms with Crippen LogP contribution in [0.2, 0.25) is 0 Å². The fourth-order valence-electron chi connectivity index (χ4n) is 2.71. The number of carbonyl (C=O) groups excluding carboxylic acids is 1. The monoisotopic (exact) mass is 264 g/mol. The zero-order valence-corrected chi connectivity index (χ0v) is 11.9. The SMILES string of the molecule is CCc1cc(C(=O)N2CCC(CCN)C2)n(CC)n1. The van der Waals surface area contributed by atoms with Crippen LogP contribution < -0.4 is 5.73 Å². The number of aryl methyl sites for hydroxylation is 2. The zero-order chi connectivity index (χ0) is 13.8. The molecule has 1 aromatic heterocycles. The number of nitrogens with two attached hydrogens (primary N) is 1. The summed E-state index contributed by atoms with van der Waals surface area (Å²) in [5, 5.41) is 4.44. The average Bonchev–Trinajstić information content (AvgIpc) is 3.04. The molecule has 2 rings (SSSR count). The van der Waals surface area contributed by atoms with Gasteiger partial charge in [-0.2, -0.15) is 5.10 Å². The molecular weight excluding hydrogens is 240 g/mol. The number of likely N-dealkylation sites (tertiary alicyclic amines) is 1. The summed E-state index contributed by atoms with van der Waals surface area (Å²) in [6.45, 7) is 7.21. The minimum Gasteiger partial charge on any atom is -0.337 e. The predicted molar refractivity (Wildman–Crippen MR) is 75.0 cm³/mol. The van der Waals surface area contributed by atoms with Gasteiger partial charge in [-0.05, 0) is 44.7 Å². The molecule has 1 fully saturated rings. The Labute approximate surface area is 114 Å². The first-order chi connectivity index (χ1) is 9.19. The van der Waals surface area contributed by atoms with Gasteiger partial charge in [-0.25, -0.2) is 0 Å². The molecule has 1 atom stereocenters. The van der Waals surface area contributed by atoms with Crippen molar-refractivity contribution in [3.8, 4) is 0 Å². The van der Waals surface area contributed by atoms with Gasteiger partial charge in [-0.15, -0.1) is 0 Å². The zero-order valence-electron chi connectivity index (χ0n) is 11.9. The van der Waals surface area contributed by atoms with Gasteiger partial charge in [0.1, 0.15) is 5.69 Å². The van der Waals surface area contributed by atoms with E-state index in [1.807, 2.05) is 22.6 Å². The van der Waals surface area contributed by atoms with Crippen LogP contribution in [-0.4, -0.2) is 40.2 Å². The van der Waals surface area contributed by atoms with E-state index >= 15 is 0 Å². The molecule has 1 aromatic rings. The second-order valence-electron chi connectivity index (χ2n) is 5.17. The molecule has 0 aliphatic carbocycles. The molecule has 1 aliphatic heterocycles. The van der Waals surface area contributed by atoms with Crippen LogP contribution in [0, 0.1) is 5.92 Å². The maximum absolute atomic E-state index is 12.5. The van der Waals surface area contributed by atoms with Crippen LogP contribution in [0.4, 0.5) is 0 Å². The first-order valence-corrected chi connectivity index (χ1v) is 7.25. The minimum atomic E-state index is 0.119. The molecule has 1 aliphatic rings. The van der Waals surface area contributed by atoms with Crippen molar-refractivity contribution in [2.45, 2.75) is 39.7 Å². The lowest BCUT2D eigenvalue weighted by molar-refractivity contribution is 0.0774. The van der Waals surface area contributed by atoms with E-state index in [0.29, 0.717) is 12.5 Å². The molecule has 0 saturated carbocycles. The minimum absolute atomic E-state index is 0.119. The van der Waals surface area contributed by atoms with Gasteiger partial charge in [0, 0.05) is 19.6 Å². The summed E-state index contributed by atoms with van der Waals surface area (Å²) < 4.78 is 1.82. The van der Waals surface area contributed by atoms with Crippen LogP contribution in [0.5, 0.6) is 0 Å². The molecule has 2 N–H and O–H groups in total. The Balaban J connectivity index is 2.09. The molecule has 106 valence electrons. The third kappa shape index (κ3) is 2.97. The van der Waals surface area contributed by atoms with E-state index in [0.717, 1.165) is 50.3 Å². The standard InChI is InChI=1S/C14H24N4O/c1-3-12-9-13(18(4-2)16-12)14(19)17-8-6-11(10-17)5-7-15/h9,11H,3-8,10,15H2,1-2H3. The summed E-state index contributed by atoms with van der Waals surface area (Å²) in [6.07, 6.45) is 2.95. The molecule has 0 spiro atoms. The largest absolute Gasteiger partial charge is 0.337 e. The summed E-state index contributed by atoms with van der Waals surface area (Å²) in [6, 6.07) is 1.93. The number of hydrogen-bond acceptors (Lipinski definition) is 3. The predicted octanol–water partition coefficient (Wildman–Crippen LogP) is 1.28. The molecule has 2 heterocycles. The molecule has 5 nitrogen and oxygen atoms in total. The van der Waals surface area contributed by atoms with Crippen molar-refractivity contribution in [3.63, 3.8) is 0 Å². The fourth-order valence-corrected chi connectivity index (χ4v) is 2.71. The molecule has 5 heteroatoms. The fraction of sp³-hybridized carbons (Fsp3) is 0.714. The van der Waals surface area contributed by atoms with Gasteiger partial charge >= 0.3 is 0 Å². The first kappa shape index (κ1) is 14.1. The highest BCUT2D eigenvalue weighted by Crippen LogP contribution is 2.21. The lowest BCUT2D eigenvalue weighted by Crippen LogP contribution is -2.30. The molecule has 0 radical (unpaired) electrons. The van der Waals surface area contributed by atoms with Crippen LogP contribution in [0.1, 0.15) is 42.9 Å². The van der Waals surface area contributed by atoms with Crippen LogP contribution in [0.25, 0.3) is 0 Å². The summed E-state index contributed by atoms with van der Waals surface area (Å²) in [5.74, 6) is 0.686. The lowest BCUT2D eigenvalue weighted by Gasteiger charge is -2.16. The number of rotatable bonds is 5. The molecule has 1 unspecified atom stereocenters. The third-order valence-corrected chi connectivity index (χ3v) is 3.86. The number of nitrogens with zero attached hydrogens (tertiary/aromatic N) is 3. The van der Waals surface area contributed by atoms with E-state index in [-0.39, 0.29) is 5.91 Å². The Kier molecular flexibility index (Phi) is 4.58. The van der Waals surface area contributed by atoms with Crippen LogP contribution in [0.15, 0.2) is 6.07 Å². The summed E-state index contributed by atoms with van der Waals surface area (Å²) in [4.78, 5) is 14.5. The summed E-state index contributed by atoms with van der Waals surface area (Å²) >= 11 is 0. The van der Waals surface area contributed by atoms with E-state index in [2.05, 4.69) is 12.0 Å². The Morgan fingerprint density at radius 1 is 1.53 bits per heavy atom. The van der Waals surface area contributed by atoms with Crippen LogP contribution >= 0.6 is 0 Å².